The van der Waals surface area contributed by atoms with Gasteiger partial charge in [-0.2, -0.15) is 0 Å². The quantitative estimate of drug-likeness (QED) is 0.819. The van der Waals surface area contributed by atoms with Gasteiger partial charge in [0.25, 0.3) is 6.43 Å². The molecule has 4 heteroatoms. The normalized spacial score (nSPS) is 12.9. The van der Waals surface area contributed by atoms with Crippen molar-refractivity contribution in [2.45, 2.75) is 25.8 Å². The van der Waals surface area contributed by atoms with E-state index in [0.717, 1.165) is 12.0 Å². The molecule has 1 atom stereocenters. The van der Waals surface area contributed by atoms with Crippen molar-refractivity contribution >= 4 is 0 Å². The zero-order valence-corrected chi connectivity index (χ0v) is 8.62. The molecule has 0 aromatic heterocycles. The molecule has 0 saturated carbocycles. The first kappa shape index (κ1) is 11.9. The maximum absolute atomic E-state index is 11.8. The first-order valence-corrected chi connectivity index (χ1v) is 4.90. The van der Waals surface area contributed by atoms with Crippen LogP contribution in [0.5, 0.6) is 5.75 Å². The van der Waals surface area contributed by atoms with Crippen molar-refractivity contribution < 1.29 is 13.5 Å². The van der Waals surface area contributed by atoms with Gasteiger partial charge in [0.2, 0.25) is 0 Å². The Morgan fingerprint density at radius 1 is 1.27 bits per heavy atom. The van der Waals surface area contributed by atoms with E-state index >= 15 is 0 Å². The van der Waals surface area contributed by atoms with Gasteiger partial charge in [0.15, 0.2) is 0 Å². The van der Waals surface area contributed by atoms with Crippen molar-refractivity contribution in [3.63, 3.8) is 0 Å². The third-order valence-corrected chi connectivity index (χ3v) is 2.12. The lowest BCUT2D eigenvalue weighted by Gasteiger charge is -2.10. The SMILES string of the molecule is CC[C@@H](N)c1ccc(OCC(F)F)cc1. The largest absolute Gasteiger partial charge is 0.488 e. The lowest BCUT2D eigenvalue weighted by atomic mass is 10.1. The lowest BCUT2D eigenvalue weighted by Crippen LogP contribution is -2.09. The highest BCUT2D eigenvalue weighted by atomic mass is 19.3. The summed E-state index contributed by atoms with van der Waals surface area (Å²) in [6, 6.07) is 6.92. The average Bonchev–Trinajstić information content (AvgIpc) is 2.26. The van der Waals surface area contributed by atoms with Crippen LogP contribution in [0, 0.1) is 0 Å². The van der Waals surface area contributed by atoms with E-state index < -0.39 is 13.0 Å². The Balaban J connectivity index is 2.56. The highest BCUT2D eigenvalue weighted by Gasteiger charge is 2.05. The van der Waals surface area contributed by atoms with Crippen molar-refractivity contribution in [3.8, 4) is 5.75 Å². The number of benzene rings is 1. The zero-order chi connectivity index (χ0) is 11.3. The fourth-order valence-electron chi connectivity index (χ4n) is 1.21. The van der Waals surface area contributed by atoms with Gasteiger partial charge in [-0.15, -0.1) is 0 Å². The van der Waals surface area contributed by atoms with Crippen LogP contribution >= 0.6 is 0 Å². The molecular weight excluding hydrogens is 200 g/mol. The molecule has 1 rings (SSSR count). The Morgan fingerprint density at radius 3 is 2.33 bits per heavy atom. The molecule has 1 aromatic carbocycles. The third-order valence-electron chi connectivity index (χ3n) is 2.12. The third kappa shape index (κ3) is 3.83. The summed E-state index contributed by atoms with van der Waals surface area (Å²) in [6.45, 7) is 1.42. The molecule has 0 unspecified atom stereocenters. The van der Waals surface area contributed by atoms with E-state index in [2.05, 4.69) is 0 Å². The van der Waals surface area contributed by atoms with Crippen LogP contribution in [0.15, 0.2) is 24.3 Å². The molecule has 0 radical (unpaired) electrons. The monoisotopic (exact) mass is 215 g/mol. The molecule has 1 aromatic rings. The molecule has 0 spiro atoms. The van der Waals surface area contributed by atoms with Gasteiger partial charge in [-0.25, -0.2) is 8.78 Å². The van der Waals surface area contributed by atoms with E-state index in [-0.39, 0.29) is 6.04 Å². The van der Waals surface area contributed by atoms with Gasteiger partial charge in [0.05, 0.1) is 0 Å². The van der Waals surface area contributed by atoms with Crippen molar-refractivity contribution in [2.24, 2.45) is 5.73 Å². The van der Waals surface area contributed by atoms with E-state index in [1.807, 2.05) is 6.92 Å². The predicted octanol–water partition coefficient (Wildman–Crippen LogP) is 2.74. The maximum atomic E-state index is 11.8. The molecule has 0 amide bonds. The van der Waals surface area contributed by atoms with Crippen LogP contribution in [0.25, 0.3) is 0 Å². The highest BCUT2D eigenvalue weighted by Crippen LogP contribution is 2.18. The maximum Gasteiger partial charge on any atom is 0.272 e. The number of ether oxygens (including phenoxy) is 1. The fraction of sp³-hybridized carbons (Fsp3) is 0.455. The van der Waals surface area contributed by atoms with Crippen molar-refractivity contribution in [1.82, 2.24) is 0 Å². The van der Waals surface area contributed by atoms with Crippen LogP contribution in [0.1, 0.15) is 24.9 Å². The van der Waals surface area contributed by atoms with E-state index in [1.54, 1.807) is 24.3 Å². The summed E-state index contributed by atoms with van der Waals surface area (Å²) in [5.74, 6) is 0.447. The Kier molecular flexibility index (Phi) is 4.49. The molecule has 0 bridgehead atoms. The van der Waals surface area contributed by atoms with Crippen LogP contribution in [-0.4, -0.2) is 13.0 Å². The molecule has 0 saturated heterocycles. The molecule has 0 fully saturated rings. The number of halogens is 2. The first-order chi connectivity index (χ1) is 7.13. The molecule has 0 aliphatic carbocycles. The van der Waals surface area contributed by atoms with Crippen molar-refractivity contribution in [3.05, 3.63) is 29.8 Å². The van der Waals surface area contributed by atoms with Crippen LogP contribution in [-0.2, 0) is 0 Å². The minimum absolute atomic E-state index is 0.00542. The van der Waals surface area contributed by atoms with Crippen molar-refractivity contribution in [2.75, 3.05) is 6.61 Å². The van der Waals surface area contributed by atoms with Gasteiger partial charge < -0.3 is 10.5 Å². The standard InChI is InChI=1S/C11H15F2NO/c1-2-10(14)8-3-5-9(6-4-8)15-7-11(12)13/h3-6,10-11H,2,7,14H2,1H3/t10-/m1/s1. The zero-order valence-electron chi connectivity index (χ0n) is 8.62. The van der Waals surface area contributed by atoms with E-state index in [0.29, 0.717) is 5.75 Å². The number of hydrogen-bond acceptors (Lipinski definition) is 2. The highest BCUT2D eigenvalue weighted by molar-refractivity contribution is 5.28. The van der Waals surface area contributed by atoms with Gasteiger partial charge in [-0.1, -0.05) is 19.1 Å². The van der Waals surface area contributed by atoms with Crippen molar-refractivity contribution in [1.29, 1.82) is 0 Å². The minimum Gasteiger partial charge on any atom is -0.488 e. The topological polar surface area (TPSA) is 35.2 Å². The molecule has 0 heterocycles. The van der Waals surface area contributed by atoms with Gasteiger partial charge >= 0.3 is 0 Å². The van der Waals surface area contributed by atoms with Gasteiger partial charge in [-0.05, 0) is 24.1 Å². The summed E-state index contributed by atoms with van der Waals surface area (Å²) in [4.78, 5) is 0. The van der Waals surface area contributed by atoms with E-state index in [1.165, 1.54) is 0 Å². The van der Waals surface area contributed by atoms with Gasteiger partial charge in [0.1, 0.15) is 12.4 Å². The molecule has 2 nitrogen and oxygen atoms in total. The van der Waals surface area contributed by atoms with Crippen LogP contribution in [0.2, 0.25) is 0 Å². The molecule has 15 heavy (non-hydrogen) atoms. The number of alkyl halides is 2. The average molecular weight is 215 g/mol. The minimum atomic E-state index is -2.44. The molecule has 84 valence electrons. The second kappa shape index (κ2) is 5.66. The molecule has 0 aliphatic rings. The summed E-state index contributed by atoms with van der Waals surface area (Å²) in [6.07, 6.45) is -1.60. The van der Waals surface area contributed by atoms with Gasteiger partial charge in [-0.3, -0.25) is 0 Å². The summed E-state index contributed by atoms with van der Waals surface area (Å²) < 4.78 is 28.5. The number of rotatable bonds is 5. The summed E-state index contributed by atoms with van der Waals surface area (Å²) >= 11 is 0. The Labute approximate surface area is 88.0 Å². The number of nitrogens with two attached hydrogens (primary N) is 1. The molecule has 2 N–H and O–H groups in total. The van der Waals surface area contributed by atoms with Crippen LogP contribution in [0.4, 0.5) is 8.78 Å². The fourth-order valence-corrected chi connectivity index (χ4v) is 1.21. The second-order valence-corrected chi connectivity index (χ2v) is 3.29. The first-order valence-electron chi connectivity index (χ1n) is 4.90. The van der Waals surface area contributed by atoms with Gasteiger partial charge in [0, 0.05) is 6.04 Å². The van der Waals surface area contributed by atoms with E-state index in [4.69, 9.17) is 10.5 Å². The Bertz CT molecular complexity index is 287. The Hall–Kier alpha value is -1.16. The number of hydrogen-bond donors (Lipinski definition) is 1. The van der Waals surface area contributed by atoms with Crippen LogP contribution < -0.4 is 10.5 Å². The smallest absolute Gasteiger partial charge is 0.272 e. The molecule has 0 aliphatic heterocycles. The summed E-state index contributed by atoms with van der Waals surface area (Å²) in [7, 11) is 0. The molecular formula is C11H15F2NO. The van der Waals surface area contributed by atoms with E-state index in [9.17, 15) is 8.78 Å². The lowest BCUT2D eigenvalue weighted by molar-refractivity contribution is 0.0819. The van der Waals surface area contributed by atoms with Crippen LogP contribution in [0.3, 0.4) is 0 Å². The second-order valence-electron chi connectivity index (χ2n) is 3.29. The summed E-state index contributed by atoms with van der Waals surface area (Å²) in [5, 5.41) is 0. The summed E-state index contributed by atoms with van der Waals surface area (Å²) in [5.41, 5.74) is 6.79. The predicted molar refractivity (Wildman–Crippen MR) is 55.2 cm³/mol. The Morgan fingerprint density at radius 2 is 1.87 bits per heavy atom.